The minimum absolute atomic E-state index is 0.0578. The Morgan fingerprint density at radius 2 is 0.932 bits per heavy atom. The predicted molar refractivity (Wildman–Crippen MR) is 181 cm³/mol. The summed E-state index contributed by atoms with van der Waals surface area (Å²) in [6.07, 6.45) is -0.445. The molecule has 1 fully saturated rings. The van der Waals surface area contributed by atoms with Crippen LogP contribution in [0.1, 0.15) is 16.7 Å². The average molecular weight is 601 g/mol. The number of methoxy groups -OCH3 is 1. The van der Waals surface area contributed by atoms with Crippen LogP contribution in [0.15, 0.2) is 127 Å². The van der Waals surface area contributed by atoms with E-state index in [0.717, 1.165) is 16.7 Å². The van der Waals surface area contributed by atoms with Gasteiger partial charge in [-0.25, -0.2) is 0 Å². The summed E-state index contributed by atoms with van der Waals surface area (Å²) in [6, 6.07) is 44.8. The van der Waals surface area contributed by atoms with Crippen molar-refractivity contribution in [2.24, 2.45) is 0 Å². The lowest BCUT2D eigenvalue weighted by Gasteiger charge is -2.26. The highest BCUT2D eigenvalue weighted by atomic mass is 32.2. The van der Waals surface area contributed by atoms with Gasteiger partial charge in [-0.3, -0.25) is 0 Å². The zero-order valence-electron chi connectivity index (χ0n) is 24.8. The van der Waals surface area contributed by atoms with Crippen molar-refractivity contribution in [3.8, 4) is 0 Å². The molecule has 1 saturated heterocycles. The van der Waals surface area contributed by atoms with Gasteiger partial charge in [0.05, 0.1) is 31.7 Å². The molecular weight excluding hydrogens is 564 g/mol. The summed E-state index contributed by atoms with van der Waals surface area (Å²) in [4.78, 5) is 0. The fraction of sp³-hybridized carbons (Fsp3) is 0.231. The van der Waals surface area contributed by atoms with E-state index >= 15 is 0 Å². The van der Waals surface area contributed by atoms with Gasteiger partial charge in [0, 0.05) is 7.11 Å². The number of benzene rings is 6. The fourth-order valence-electron chi connectivity index (χ4n) is 6.06. The number of thioether (sulfide) groups is 1. The standard InChI is InChI=1S/C39H36O4S/c1-40-39-38(43-25-29-16-19-32-10-4-7-13-35(32)22-29)37(42-24-28-15-18-31-9-3-6-12-34(31)21-28)36(44-39)26-41-23-27-14-17-30-8-2-5-11-33(30)20-27/h2-22,36-39H,23-26H2,1H3/t36-,37-,38+,39?/m1/s1. The van der Waals surface area contributed by atoms with E-state index in [0.29, 0.717) is 26.4 Å². The highest BCUT2D eigenvalue weighted by Crippen LogP contribution is 2.40. The quantitative estimate of drug-likeness (QED) is 0.148. The van der Waals surface area contributed by atoms with E-state index in [1.807, 2.05) is 0 Å². The first kappa shape index (κ1) is 29.0. The summed E-state index contributed by atoms with van der Waals surface area (Å²) >= 11 is 1.74. The van der Waals surface area contributed by atoms with Crippen LogP contribution >= 0.6 is 11.8 Å². The summed E-state index contributed by atoms with van der Waals surface area (Å²) in [7, 11) is 1.75. The van der Waals surface area contributed by atoms with E-state index in [9.17, 15) is 0 Å². The highest BCUT2D eigenvalue weighted by Gasteiger charge is 2.46. The first-order valence-corrected chi connectivity index (χ1v) is 16.1. The summed E-state index contributed by atoms with van der Waals surface area (Å²) in [5.74, 6) is 0. The van der Waals surface area contributed by atoms with Gasteiger partial charge in [-0.2, -0.15) is 0 Å². The predicted octanol–water partition coefficient (Wildman–Crippen LogP) is 8.92. The van der Waals surface area contributed by atoms with Gasteiger partial charge < -0.3 is 18.9 Å². The SMILES string of the molecule is COC1S[C@H](COCc2ccc3ccccc3c2)[C@@H](OCc2ccc3ccccc3c2)[C@@H]1OCc1ccc2ccccc2c1. The molecule has 0 radical (unpaired) electrons. The summed E-state index contributed by atoms with van der Waals surface area (Å²) in [5.41, 5.74) is 3.27. The molecule has 5 heteroatoms. The molecule has 6 aromatic rings. The Morgan fingerprint density at radius 1 is 0.500 bits per heavy atom. The minimum Gasteiger partial charge on any atom is -0.376 e. The van der Waals surface area contributed by atoms with E-state index in [-0.39, 0.29) is 22.9 Å². The molecule has 1 heterocycles. The maximum Gasteiger partial charge on any atom is 0.132 e. The monoisotopic (exact) mass is 600 g/mol. The molecule has 44 heavy (non-hydrogen) atoms. The Labute approximate surface area is 262 Å². The van der Waals surface area contributed by atoms with Crippen molar-refractivity contribution in [2.75, 3.05) is 13.7 Å². The van der Waals surface area contributed by atoms with Crippen molar-refractivity contribution < 1.29 is 18.9 Å². The molecule has 1 aliphatic rings. The van der Waals surface area contributed by atoms with Crippen molar-refractivity contribution >= 4 is 44.1 Å². The maximum absolute atomic E-state index is 6.71. The third-order valence-electron chi connectivity index (χ3n) is 8.38. The third kappa shape index (κ3) is 6.53. The van der Waals surface area contributed by atoms with Crippen LogP contribution in [0.3, 0.4) is 0 Å². The van der Waals surface area contributed by atoms with Gasteiger partial charge in [-0.05, 0) is 67.2 Å². The lowest BCUT2D eigenvalue weighted by atomic mass is 10.1. The van der Waals surface area contributed by atoms with E-state index in [1.54, 1.807) is 18.9 Å². The first-order valence-electron chi connectivity index (χ1n) is 15.2. The average Bonchev–Trinajstić information content (AvgIpc) is 3.42. The molecule has 1 unspecified atom stereocenters. The normalized spacial score (nSPS) is 20.1. The molecule has 1 aliphatic heterocycles. The van der Waals surface area contributed by atoms with Crippen LogP contribution in [0.5, 0.6) is 0 Å². The Hall–Kier alpha value is -3.71. The second-order valence-corrected chi connectivity index (χ2v) is 12.7. The number of rotatable bonds is 11. The highest BCUT2D eigenvalue weighted by molar-refractivity contribution is 8.00. The van der Waals surface area contributed by atoms with Crippen LogP contribution in [0, 0.1) is 0 Å². The molecule has 4 nitrogen and oxygen atoms in total. The van der Waals surface area contributed by atoms with Crippen molar-refractivity contribution in [2.45, 2.75) is 42.7 Å². The molecular formula is C39H36O4S. The number of fused-ring (bicyclic) bond motifs is 3. The van der Waals surface area contributed by atoms with Crippen molar-refractivity contribution in [1.29, 1.82) is 0 Å². The van der Waals surface area contributed by atoms with Crippen LogP contribution in [-0.2, 0) is 38.8 Å². The minimum atomic E-state index is -0.244. The molecule has 0 spiro atoms. The van der Waals surface area contributed by atoms with Gasteiger partial charge in [0.2, 0.25) is 0 Å². The van der Waals surface area contributed by atoms with Gasteiger partial charge in [0.25, 0.3) is 0 Å². The molecule has 0 saturated carbocycles. The number of ether oxygens (including phenoxy) is 4. The third-order valence-corrected chi connectivity index (χ3v) is 9.86. The fourth-order valence-corrected chi connectivity index (χ4v) is 7.46. The zero-order chi connectivity index (χ0) is 29.7. The Balaban J connectivity index is 1.07. The van der Waals surface area contributed by atoms with E-state index < -0.39 is 0 Å². The Bertz CT molecular complexity index is 1870. The van der Waals surface area contributed by atoms with E-state index in [2.05, 4.69) is 127 Å². The second kappa shape index (κ2) is 13.5. The Kier molecular flexibility index (Phi) is 8.91. The summed E-state index contributed by atoms with van der Waals surface area (Å²) in [6.45, 7) is 2.05. The molecule has 0 bridgehead atoms. The van der Waals surface area contributed by atoms with Crippen LogP contribution in [0.2, 0.25) is 0 Å². The maximum atomic E-state index is 6.71. The zero-order valence-corrected chi connectivity index (χ0v) is 25.6. The van der Waals surface area contributed by atoms with Gasteiger partial charge in [-0.15, -0.1) is 11.8 Å². The van der Waals surface area contributed by atoms with E-state index in [4.69, 9.17) is 18.9 Å². The molecule has 6 aromatic carbocycles. The largest absolute Gasteiger partial charge is 0.376 e. The molecule has 222 valence electrons. The molecule has 0 N–H and O–H groups in total. The van der Waals surface area contributed by atoms with Crippen LogP contribution in [0.4, 0.5) is 0 Å². The van der Waals surface area contributed by atoms with Crippen LogP contribution in [0.25, 0.3) is 32.3 Å². The summed E-state index contributed by atoms with van der Waals surface area (Å²) in [5, 5.41) is 7.39. The molecule has 0 aromatic heterocycles. The van der Waals surface area contributed by atoms with Crippen molar-refractivity contribution in [1.82, 2.24) is 0 Å². The lowest BCUT2D eigenvalue weighted by Crippen LogP contribution is -2.39. The van der Waals surface area contributed by atoms with Gasteiger partial charge in [0.15, 0.2) is 0 Å². The van der Waals surface area contributed by atoms with Crippen LogP contribution in [-0.4, -0.2) is 36.6 Å². The first-order chi connectivity index (χ1) is 21.7. The smallest absolute Gasteiger partial charge is 0.132 e. The van der Waals surface area contributed by atoms with Crippen molar-refractivity contribution in [3.05, 3.63) is 144 Å². The topological polar surface area (TPSA) is 36.9 Å². The van der Waals surface area contributed by atoms with Gasteiger partial charge >= 0.3 is 0 Å². The van der Waals surface area contributed by atoms with Crippen LogP contribution < -0.4 is 0 Å². The molecule has 7 rings (SSSR count). The Morgan fingerprint density at radius 3 is 1.41 bits per heavy atom. The number of hydrogen-bond donors (Lipinski definition) is 0. The van der Waals surface area contributed by atoms with Gasteiger partial charge in [0.1, 0.15) is 17.6 Å². The lowest BCUT2D eigenvalue weighted by molar-refractivity contribution is -0.113. The van der Waals surface area contributed by atoms with E-state index in [1.165, 1.54) is 32.3 Å². The summed E-state index contributed by atoms with van der Waals surface area (Å²) < 4.78 is 25.6. The second-order valence-electron chi connectivity index (χ2n) is 11.4. The molecule has 0 amide bonds. The number of hydrogen-bond acceptors (Lipinski definition) is 5. The molecule has 4 atom stereocenters. The van der Waals surface area contributed by atoms with Gasteiger partial charge in [-0.1, -0.05) is 109 Å². The van der Waals surface area contributed by atoms with Crippen molar-refractivity contribution in [3.63, 3.8) is 0 Å². The molecule has 0 aliphatic carbocycles.